The first-order chi connectivity index (χ1) is 6.11. The molecule has 0 aromatic carbocycles. The van der Waals surface area contributed by atoms with Crippen LogP contribution in [0.25, 0.3) is 0 Å². The van der Waals surface area contributed by atoms with Crippen LogP contribution >= 0.6 is 0 Å². The molecule has 13 heavy (non-hydrogen) atoms. The molecule has 1 amide bonds. The molecule has 1 atom stereocenters. The van der Waals surface area contributed by atoms with Gasteiger partial charge in [-0.05, 0) is 5.92 Å². The second kappa shape index (κ2) is 4.02. The van der Waals surface area contributed by atoms with E-state index in [0.717, 1.165) is 0 Å². The average molecular weight is 185 g/mol. The molecular formula is C8H12FN3O. The molecule has 2 N–H and O–H groups in total. The fraction of sp³-hybridized carbons (Fsp3) is 0.500. The Morgan fingerprint density at radius 1 is 1.69 bits per heavy atom. The van der Waals surface area contributed by atoms with Crippen molar-refractivity contribution in [2.45, 2.75) is 20.0 Å². The molecule has 0 fully saturated rings. The zero-order valence-corrected chi connectivity index (χ0v) is 7.54. The number of aromatic nitrogens is 2. The van der Waals surface area contributed by atoms with Crippen molar-refractivity contribution in [2.24, 2.45) is 5.92 Å². The van der Waals surface area contributed by atoms with Gasteiger partial charge in [-0.15, -0.1) is 0 Å². The van der Waals surface area contributed by atoms with E-state index < -0.39 is 12.1 Å². The first-order valence-electron chi connectivity index (χ1n) is 4.05. The lowest BCUT2D eigenvalue weighted by Gasteiger charge is -2.10. The zero-order valence-electron chi connectivity index (χ0n) is 7.54. The number of aromatic amines is 1. The minimum absolute atomic E-state index is 0.313. The summed E-state index contributed by atoms with van der Waals surface area (Å²) >= 11 is 0. The van der Waals surface area contributed by atoms with Crippen LogP contribution in [0.3, 0.4) is 0 Å². The van der Waals surface area contributed by atoms with Gasteiger partial charge < -0.3 is 5.32 Å². The Morgan fingerprint density at radius 2 is 2.38 bits per heavy atom. The van der Waals surface area contributed by atoms with Gasteiger partial charge in [0, 0.05) is 6.20 Å². The van der Waals surface area contributed by atoms with Gasteiger partial charge >= 0.3 is 0 Å². The maximum atomic E-state index is 13.1. The lowest BCUT2D eigenvalue weighted by atomic mass is 10.1. The van der Waals surface area contributed by atoms with E-state index in [1.54, 1.807) is 13.8 Å². The van der Waals surface area contributed by atoms with Crippen LogP contribution in [0.4, 0.5) is 10.1 Å². The van der Waals surface area contributed by atoms with Gasteiger partial charge in [-0.2, -0.15) is 5.10 Å². The number of carbonyl (C=O) groups is 1. The maximum absolute atomic E-state index is 13.1. The normalized spacial score (nSPS) is 12.9. The smallest absolute Gasteiger partial charge is 0.259 e. The van der Waals surface area contributed by atoms with Gasteiger partial charge in [-0.25, -0.2) is 4.39 Å². The Hall–Kier alpha value is -1.39. The highest BCUT2D eigenvalue weighted by molar-refractivity contribution is 5.93. The lowest BCUT2D eigenvalue weighted by molar-refractivity contribution is -0.122. The molecule has 1 aromatic heterocycles. The number of alkyl halides is 1. The third kappa shape index (κ3) is 2.54. The predicted octanol–water partition coefficient (Wildman–Crippen LogP) is 1.34. The van der Waals surface area contributed by atoms with Gasteiger partial charge in [0.05, 0.1) is 11.9 Å². The number of nitrogens with one attached hydrogen (secondary N) is 2. The van der Waals surface area contributed by atoms with E-state index in [0.29, 0.717) is 5.69 Å². The van der Waals surface area contributed by atoms with Crippen molar-refractivity contribution in [3.63, 3.8) is 0 Å². The molecule has 0 radical (unpaired) electrons. The van der Waals surface area contributed by atoms with Crippen molar-refractivity contribution >= 4 is 11.6 Å². The van der Waals surface area contributed by atoms with Crippen LogP contribution in [0.2, 0.25) is 0 Å². The number of H-pyrrole nitrogens is 1. The number of halogens is 1. The van der Waals surface area contributed by atoms with E-state index in [2.05, 4.69) is 15.5 Å². The van der Waals surface area contributed by atoms with Gasteiger partial charge in [0.25, 0.3) is 5.91 Å². The summed E-state index contributed by atoms with van der Waals surface area (Å²) in [6.07, 6.45) is 1.44. The molecule has 0 aliphatic rings. The molecule has 1 aromatic rings. The third-order valence-electron chi connectivity index (χ3n) is 1.60. The summed E-state index contributed by atoms with van der Waals surface area (Å²) in [5.74, 6) is -0.941. The molecule has 0 aliphatic carbocycles. The Kier molecular flexibility index (Phi) is 3.00. The number of hydrogen-bond acceptors (Lipinski definition) is 2. The van der Waals surface area contributed by atoms with Gasteiger partial charge in [0.15, 0.2) is 6.17 Å². The third-order valence-corrected chi connectivity index (χ3v) is 1.60. The summed E-state index contributed by atoms with van der Waals surface area (Å²) in [6.45, 7) is 3.30. The quantitative estimate of drug-likeness (QED) is 0.746. The van der Waals surface area contributed by atoms with Crippen LogP contribution in [0.15, 0.2) is 12.4 Å². The fourth-order valence-electron chi connectivity index (χ4n) is 0.833. The highest BCUT2D eigenvalue weighted by atomic mass is 19.1. The van der Waals surface area contributed by atoms with E-state index in [4.69, 9.17) is 0 Å². The van der Waals surface area contributed by atoms with E-state index >= 15 is 0 Å². The highest BCUT2D eigenvalue weighted by Gasteiger charge is 2.20. The number of hydrogen-bond donors (Lipinski definition) is 2. The summed E-state index contributed by atoms with van der Waals surface area (Å²) < 4.78 is 13.1. The molecule has 0 saturated carbocycles. The zero-order chi connectivity index (χ0) is 9.84. The van der Waals surface area contributed by atoms with E-state index in [9.17, 15) is 9.18 Å². The largest absolute Gasteiger partial charge is 0.321 e. The Balaban J connectivity index is 2.51. The van der Waals surface area contributed by atoms with Crippen LogP contribution in [0.1, 0.15) is 13.8 Å². The fourth-order valence-corrected chi connectivity index (χ4v) is 0.833. The molecule has 0 aliphatic heterocycles. The van der Waals surface area contributed by atoms with Gasteiger partial charge in [-0.3, -0.25) is 9.89 Å². The Labute approximate surface area is 75.5 Å². The van der Waals surface area contributed by atoms with Gasteiger partial charge in [0.1, 0.15) is 0 Å². The summed E-state index contributed by atoms with van der Waals surface area (Å²) in [7, 11) is 0. The van der Waals surface area contributed by atoms with Crippen molar-refractivity contribution in [1.82, 2.24) is 10.2 Å². The van der Waals surface area contributed by atoms with E-state index in [1.807, 2.05) is 0 Å². The van der Waals surface area contributed by atoms with Crippen LogP contribution in [-0.4, -0.2) is 22.3 Å². The number of nitrogens with zero attached hydrogens (tertiary/aromatic N) is 1. The van der Waals surface area contributed by atoms with Crippen molar-refractivity contribution in [3.8, 4) is 0 Å². The second-order valence-electron chi connectivity index (χ2n) is 3.12. The summed E-state index contributed by atoms with van der Waals surface area (Å²) in [6, 6.07) is 0. The monoisotopic (exact) mass is 185 g/mol. The van der Waals surface area contributed by atoms with Crippen LogP contribution in [0, 0.1) is 5.92 Å². The molecule has 0 spiro atoms. The maximum Gasteiger partial charge on any atom is 0.259 e. The molecule has 0 saturated heterocycles. The summed E-state index contributed by atoms with van der Waals surface area (Å²) in [5.41, 5.74) is 0.480. The lowest BCUT2D eigenvalue weighted by Crippen LogP contribution is -2.28. The van der Waals surface area contributed by atoms with Gasteiger partial charge in [0.2, 0.25) is 0 Å². The van der Waals surface area contributed by atoms with Gasteiger partial charge in [-0.1, -0.05) is 13.8 Å². The Bertz CT molecular complexity index is 271. The minimum atomic E-state index is -1.48. The molecule has 0 bridgehead atoms. The van der Waals surface area contributed by atoms with Crippen molar-refractivity contribution in [1.29, 1.82) is 0 Å². The number of rotatable bonds is 3. The molecular weight excluding hydrogens is 173 g/mol. The Morgan fingerprint density at radius 3 is 2.85 bits per heavy atom. The molecule has 5 heteroatoms. The number of carbonyl (C=O) groups excluding carboxylic acids is 1. The highest BCUT2D eigenvalue weighted by Crippen LogP contribution is 2.09. The second-order valence-corrected chi connectivity index (χ2v) is 3.12. The predicted molar refractivity (Wildman–Crippen MR) is 47.0 cm³/mol. The van der Waals surface area contributed by atoms with Crippen LogP contribution in [-0.2, 0) is 4.79 Å². The number of amides is 1. The van der Waals surface area contributed by atoms with Crippen molar-refractivity contribution in [2.75, 3.05) is 5.32 Å². The average Bonchev–Trinajstić information content (AvgIpc) is 2.55. The summed E-state index contributed by atoms with van der Waals surface area (Å²) in [4.78, 5) is 11.1. The van der Waals surface area contributed by atoms with E-state index in [-0.39, 0.29) is 5.92 Å². The first kappa shape index (κ1) is 9.70. The SMILES string of the molecule is CC(C)C(F)C(=O)Nc1cn[nH]c1. The topological polar surface area (TPSA) is 57.8 Å². The summed E-state index contributed by atoms with van der Waals surface area (Å²) in [5, 5.41) is 8.53. The van der Waals surface area contributed by atoms with Crippen LogP contribution < -0.4 is 5.32 Å². The standard InChI is InChI=1S/C8H12FN3O/c1-5(2)7(9)8(13)12-6-3-10-11-4-6/h3-5,7H,1-2H3,(H,10,11)(H,12,13). The molecule has 4 nitrogen and oxygen atoms in total. The first-order valence-corrected chi connectivity index (χ1v) is 4.05. The van der Waals surface area contributed by atoms with E-state index in [1.165, 1.54) is 12.4 Å². The molecule has 1 rings (SSSR count). The molecule has 72 valence electrons. The minimum Gasteiger partial charge on any atom is -0.321 e. The number of anilines is 1. The molecule has 1 heterocycles. The molecule has 1 unspecified atom stereocenters. The van der Waals surface area contributed by atoms with Crippen molar-refractivity contribution in [3.05, 3.63) is 12.4 Å². The van der Waals surface area contributed by atoms with Crippen LogP contribution in [0.5, 0.6) is 0 Å². The van der Waals surface area contributed by atoms with Crippen molar-refractivity contribution < 1.29 is 9.18 Å².